The van der Waals surface area contributed by atoms with Crippen molar-refractivity contribution in [2.45, 2.75) is 19.5 Å². The SMILES string of the molecule is O=c1nc2n(o1)CCCN2Cc1ccc(Cl)nc1. The van der Waals surface area contributed by atoms with Gasteiger partial charge in [0, 0.05) is 19.3 Å². The van der Waals surface area contributed by atoms with E-state index < -0.39 is 5.76 Å². The normalized spacial score (nSPS) is 14.6. The highest BCUT2D eigenvalue weighted by Gasteiger charge is 2.21. The van der Waals surface area contributed by atoms with Gasteiger partial charge in [0.2, 0.25) is 5.95 Å². The van der Waals surface area contributed by atoms with E-state index in [4.69, 9.17) is 16.1 Å². The molecule has 2 aromatic rings. The Morgan fingerprint density at radius 3 is 3.06 bits per heavy atom. The van der Waals surface area contributed by atoms with Crippen molar-refractivity contribution in [2.75, 3.05) is 11.4 Å². The van der Waals surface area contributed by atoms with Crippen molar-refractivity contribution in [3.63, 3.8) is 0 Å². The van der Waals surface area contributed by atoms with Gasteiger partial charge >= 0.3 is 5.76 Å². The standard InChI is InChI=1S/C11H11ClN4O2/c12-9-3-2-8(6-13-9)7-15-4-1-5-16-10(15)14-11(17)18-16/h2-3,6H,1,4-5,7H2. The van der Waals surface area contributed by atoms with Gasteiger partial charge in [0.1, 0.15) is 5.15 Å². The fourth-order valence-electron chi connectivity index (χ4n) is 2.04. The minimum atomic E-state index is -0.550. The van der Waals surface area contributed by atoms with Gasteiger partial charge in [-0.1, -0.05) is 17.7 Å². The number of halogens is 1. The summed E-state index contributed by atoms with van der Waals surface area (Å²) in [5.41, 5.74) is 1.02. The van der Waals surface area contributed by atoms with Crippen molar-refractivity contribution in [2.24, 2.45) is 0 Å². The van der Waals surface area contributed by atoms with Crippen molar-refractivity contribution in [1.82, 2.24) is 14.7 Å². The summed E-state index contributed by atoms with van der Waals surface area (Å²) < 4.78 is 6.50. The first-order valence-corrected chi connectivity index (χ1v) is 6.04. The fourth-order valence-corrected chi connectivity index (χ4v) is 2.15. The number of nitrogens with zero attached hydrogens (tertiary/aromatic N) is 4. The van der Waals surface area contributed by atoms with Gasteiger partial charge in [-0.05, 0) is 18.1 Å². The average molecular weight is 267 g/mol. The summed E-state index contributed by atoms with van der Waals surface area (Å²) in [5.74, 6) is 0.0346. The lowest BCUT2D eigenvalue weighted by atomic mass is 10.2. The lowest BCUT2D eigenvalue weighted by Crippen LogP contribution is -2.31. The van der Waals surface area contributed by atoms with Crippen LogP contribution >= 0.6 is 11.6 Å². The Hall–Kier alpha value is -1.82. The topological polar surface area (TPSA) is 64.2 Å². The molecule has 3 rings (SSSR count). The molecule has 0 fully saturated rings. The second-order valence-corrected chi connectivity index (χ2v) is 4.52. The fraction of sp³-hybridized carbons (Fsp3) is 0.364. The summed E-state index contributed by atoms with van der Waals surface area (Å²) >= 11 is 5.74. The van der Waals surface area contributed by atoms with Gasteiger partial charge in [-0.15, -0.1) is 4.98 Å². The van der Waals surface area contributed by atoms with E-state index in [2.05, 4.69) is 9.97 Å². The molecule has 3 heterocycles. The van der Waals surface area contributed by atoms with Gasteiger partial charge in [-0.2, -0.15) is 4.74 Å². The Morgan fingerprint density at radius 2 is 2.28 bits per heavy atom. The summed E-state index contributed by atoms with van der Waals surface area (Å²) in [6.45, 7) is 2.17. The summed E-state index contributed by atoms with van der Waals surface area (Å²) in [6, 6.07) is 3.66. The number of aromatic nitrogens is 3. The molecule has 0 bridgehead atoms. The predicted octanol–water partition coefficient (Wildman–Crippen LogP) is 1.29. The molecule has 0 spiro atoms. The highest BCUT2D eigenvalue weighted by atomic mass is 35.5. The number of aryl methyl sites for hydroxylation is 1. The van der Waals surface area contributed by atoms with E-state index in [1.54, 1.807) is 12.3 Å². The molecule has 0 N–H and O–H groups in total. The number of fused-ring (bicyclic) bond motifs is 1. The lowest BCUT2D eigenvalue weighted by Gasteiger charge is -2.26. The van der Waals surface area contributed by atoms with E-state index in [0.717, 1.165) is 18.5 Å². The second-order valence-electron chi connectivity index (χ2n) is 4.14. The molecular weight excluding hydrogens is 256 g/mol. The summed E-state index contributed by atoms with van der Waals surface area (Å²) in [6.07, 6.45) is 2.65. The molecule has 0 aliphatic carbocycles. The van der Waals surface area contributed by atoms with Crippen LogP contribution in [0.25, 0.3) is 0 Å². The molecule has 0 unspecified atom stereocenters. The van der Waals surface area contributed by atoms with Crippen LogP contribution in [0.1, 0.15) is 12.0 Å². The molecule has 6 nitrogen and oxygen atoms in total. The molecule has 1 aliphatic rings. The Labute approximate surface area is 108 Å². The van der Waals surface area contributed by atoms with Crippen LogP contribution in [0.4, 0.5) is 5.95 Å². The highest BCUT2D eigenvalue weighted by molar-refractivity contribution is 6.29. The van der Waals surface area contributed by atoms with Gasteiger partial charge in [0.15, 0.2) is 0 Å². The third-order valence-electron chi connectivity index (χ3n) is 2.84. The predicted molar refractivity (Wildman–Crippen MR) is 65.7 cm³/mol. The van der Waals surface area contributed by atoms with E-state index in [9.17, 15) is 4.79 Å². The van der Waals surface area contributed by atoms with Gasteiger partial charge in [-0.25, -0.2) is 9.78 Å². The molecule has 0 saturated carbocycles. The molecule has 0 amide bonds. The molecule has 7 heteroatoms. The van der Waals surface area contributed by atoms with Crippen LogP contribution in [-0.2, 0) is 13.1 Å². The minimum absolute atomic E-state index is 0.468. The van der Waals surface area contributed by atoms with Gasteiger partial charge in [0.05, 0.1) is 6.54 Å². The average Bonchev–Trinajstić information content (AvgIpc) is 2.73. The van der Waals surface area contributed by atoms with E-state index in [-0.39, 0.29) is 0 Å². The first-order valence-electron chi connectivity index (χ1n) is 5.66. The maximum absolute atomic E-state index is 11.1. The Kier molecular flexibility index (Phi) is 2.79. The summed E-state index contributed by atoms with van der Waals surface area (Å²) in [7, 11) is 0. The van der Waals surface area contributed by atoms with E-state index in [1.165, 1.54) is 4.74 Å². The number of hydrogen-bond donors (Lipinski definition) is 0. The number of anilines is 1. The first kappa shape index (κ1) is 11.3. The van der Waals surface area contributed by atoms with Crippen molar-refractivity contribution in [1.29, 1.82) is 0 Å². The van der Waals surface area contributed by atoms with Crippen LogP contribution in [0.5, 0.6) is 0 Å². The Balaban J connectivity index is 1.85. The Bertz CT molecular complexity index is 604. The van der Waals surface area contributed by atoms with Gasteiger partial charge < -0.3 is 9.42 Å². The molecule has 18 heavy (non-hydrogen) atoms. The largest absolute Gasteiger partial charge is 0.461 e. The zero-order chi connectivity index (χ0) is 12.5. The number of pyridine rings is 1. The van der Waals surface area contributed by atoms with Crippen molar-refractivity contribution in [3.05, 3.63) is 39.6 Å². The molecule has 94 valence electrons. The van der Waals surface area contributed by atoms with Gasteiger partial charge in [0.25, 0.3) is 0 Å². The number of hydrogen-bond acceptors (Lipinski definition) is 5. The third kappa shape index (κ3) is 2.11. The molecular formula is C11H11ClN4O2. The maximum Gasteiger partial charge on any atom is 0.461 e. The van der Waals surface area contributed by atoms with E-state index in [0.29, 0.717) is 24.2 Å². The van der Waals surface area contributed by atoms with Crippen molar-refractivity contribution in [3.8, 4) is 0 Å². The quantitative estimate of drug-likeness (QED) is 0.767. The van der Waals surface area contributed by atoms with Crippen LogP contribution in [0.2, 0.25) is 5.15 Å². The summed E-state index contributed by atoms with van der Waals surface area (Å²) in [4.78, 5) is 21.0. The highest BCUT2D eigenvalue weighted by Crippen LogP contribution is 2.19. The Morgan fingerprint density at radius 1 is 1.39 bits per heavy atom. The minimum Gasteiger partial charge on any atom is -0.335 e. The van der Waals surface area contributed by atoms with Crippen LogP contribution in [0.3, 0.4) is 0 Å². The lowest BCUT2D eigenvalue weighted by molar-refractivity contribution is 0.237. The van der Waals surface area contributed by atoms with Crippen molar-refractivity contribution < 1.29 is 4.52 Å². The van der Waals surface area contributed by atoms with E-state index >= 15 is 0 Å². The molecule has 0 radical (unpaired) electrons. The molecule has 2 aromatic heterocycles. The second kappa shape index (κ2) is 4.45. The zero-order valence-electron chi connectivity index (χ0n) is 9.54. The maximum atomic E-state index is 11.1. The smallest absolute Gasteiger partial charge is 0.335 e. The van der Waals surface area contributed by atoms with E-state index in [1.807, 2.05) is 11.0 Å². The third-order valence-corrected chi connectivity index (χ3v) is 3.06. The first-order chi connectivity index (χ1) is 8.72. The molecule has 0 saturated heterocycles. The van der Waals surface area contributed by atoms with Crippen LogP contribution in [0, 0.1) is 0 Å². The zero-order valence-corrected chi connectivity index (χ0v) is 10.3. The van der Waals surface area contributed by atoms with Crippen LogP contribution < -0.4 is 10.7 Å². The van der Waals surface area contributed by atoms with Gasteiger partial charge in [-0.3, -0.25) is 0 Å². The number of rotatable bonds is 2. The van der Waals surface area contributed by atoms with Crippen LogP contribution in [0.15, 0.2) is 27.6 Å². The molecule has 1 aliphatic heterocycles. The molecule has 0 aromatic carbocycles. The monoisotopic (exact) mass is 266 g/mol. The van der Waals surface area contributed by atoms with Crippen molar-refractivity contribution >= 4 is 17.5 Å². The molecule has 0 atom stereocenters. The summed E-state index contributed by atoms with van der Waals surface area (Å²) in [5, 5.41) is 0.468. The van der Waals surface area contributed by atoms with Crippen LogP contribution in [-0.4, -0.2) is 21.3 Å².